The highest BCUT2D eigenvalue weighted by Crippen LogP contribution is 2.40. The van der Waals surface area contributed by atoms with Gasteiger partial charge in [-0.1, -0.05) is 11.3 Å². The molecule has 0 aromatic carbocycles. The van der Waals surface area contributed by atoms with Gasteiger partial charge in [-0.25, -0.2) is 0 Å². The van der Waals surface area contributed by atoms with Crippen LogP contribution in [0.1, 0.15) is 0 Å². The number of hydrogen-bond donors (Lipinski definition) is 0. The minimum Gasteiger partial charge on any atom is -0.264 e. The molecule has 66 valence electrons. The third-order valence-corrected chi connectivity index (χ3v) is 3.77. The van der Waals surface area contributed by atoms with Crippen LogP contribution in [0.15, 0.2) is 22.9 Å². The van der Waals surface area contributed by atoms with Gasteiger partial charge in [0.15, 0.2) is 0 Å². The second-order valence-electron chi connectivity index (χ2n) is 2.35. The van der Waals surface area contributed by atoms with Gasteiger partial charge in [0.2, 0.25) is 0 Å². The molecule has 0 unspecified atom stereocenters. The fourth-order valence-corrected chi connectivity index (χ4v) is 2.73. The molecular weight excluding hydrogens is 256 g/mol. The van der Waals surface area contributed by atoms with Crippen LogP contribution in [-0.2, 0) is 0 Å². The average Bonchev–Trinajstić information content (AvgIpc) is 2.45. The lowest BCUT2D eigenvalue weighted by Crippen LogP contribution is -1.82. The second-order valence-corrected chi connectivity index (χ2v) is 4.17. The van der Waals surface area contributed by atoms with E-state index in [9.17, 15) is 10.1 Å². The predicted molar refractivity (Wildman–Crippen MR) is 54.0 cm³/mol. The van der Waals surface area contributed by atoms with Gasteiger partial charge in [-0.15, -0.1) is 0 Å². The van der Waals surface area contributed by atoms with E-state index in [0.717, 1.165) is 21.4 Å². The molecule has 0 amide bonds. The zero-order valence-corrected chi connectivity index (χ0v) is 8.63. The van der Waals surface area contributed by atoms with Crippen molar-refractivity contribution >= 4 is 42.4 Å². The fourth-order valence-electron chi connectivity index (χ4n) is 1.02. The summed E-state index contributed by atoms with van der Waals surface area (Å²) in [5, 5.41) is 11.5. The average molecular weight is 259 g/mol. The van der Waals surface area contributed by atoms with Crippen molar-refractivity contribution in [2.24, 2.45) is 0 Å². The molecule has 13 heavy (non-hydrogen) atoms. The van der Waals surface area contributed by atoms with Crippen LogP contribution in [0.3, 0.4) is 0 Å². The number of hydrogen-bond acceptors (Lipinski definition) is 4. The molecule has 0 saturated carbocycles. The van der Waals surface area contributed by atoms with Crippen molar-refractivity contribution in [3.63, 3.8) is 0 Å². The summed E-state index contributed by atoms with van der Waals surface area (Å²) in [7, 11) is 0. The van der Waals surface area contributed by atoms with Crippen LogP contribution < -0.4 is 0 Å². The first kappa shape index (κ1) is 8.58. The number of rotatable bonds is 1. The first-order valence-corrected chi connectivity index (χ1v) is 4.97. The summed E-state index contributed by atoms with van der Waals surface area (Å²) in [4.78, 5) is 14.1. The zero-order chi connectivity index (χ0) is 9.42. The van der Waals surface area contributed by atoms with E-state index in [1.165, 1.54) is 0 Å². The van der Waals surface area contributed by atoms with Crippen LogP contribution in [0.5, 0.6) is 0 Å². The molecule has 0 radical (unpaired) electrons. The molecule has 0 aliphatic carbocycles. The molecule has 0 saturated heterocycles. The number of fused-ring (bicyclic) bond motifs is 1. The summed E-state index contributed by atoms with van der Waals surface area (Å²) < 4.78 is 1.39. The number of thiophene rings is 1. The first-order valence-electron chi connectivity index (χ1n) is 3.36. The number of nitrogens with zero attached hydrogens (tertiary/aromatic N) is 2. The lowest BCUT2D eigenvalue weighted by Gasteiger charge is -1.85. The molecule has 0 aliphatic rings. The van der Waals surface area contributed by atoms with Crippen molar-refractivity contribution in [2.45, 2.75) is 0 Å². The Morgan fingerprint density at radius 1 is 1.62 bits per heavy atom. The quantitative estimate of drug-likeness (QED) is 0.584. The molecule has 2 rings (SSSR count). The molecule has 0 N–H and O–H groups in total. The van der Waals surface area contributed by atoms with Crippen molar-refractivity contribution in [3.05, 3.63) is 33.0 Å². The molecular formula is C7H3BrN2O2S. The molecule has 0 fully saturated rings. The minimum atomic E-state index is -0.394. The van der Waals surface area contributed by atoms with E-state index < -0.39 is 4.92 Å². The Kier molecular flexibility index (Phi) is 2.01. The molecule has 2 heterocycles. The van der Waals surface area contributed by atoms with Crippen molar-refractivity contribution in [1.82, 2.24) is 4.98 Å². The van der Waals surface area contributed by atoms with Gasteiger partial charge in [-0.3, -0.25) is 15.1 Å². The van der Waals surface area contributed by atoms with Crippen molar-refractivity contribution in [1.29, 1.82) is 0 Å². The maximum absolute atomic E-state index is 10.6. The second kappa shape index (κ2) is 3.04. The maximum atomic E-state index is 10.6. The Morgan fingerprint density at radius 3 is 3.00 bits per heavy atom. The van der Waals surface area contributed by atoms with Gasteiger partial charge in [-0.2, -0.15) is 0 Å². The van der Waals surface area contributed by atoms with Crippen molar-refractivity contribution < 1.29 is 4.92 Å². The summed E-state index contributed by atoms with van der Waals surface area (Å²) in [5.41, 5.74) is 0. The Balaban J connectivity index is 2.81. The summed E-state index contributed by atoms with van der Waals surface area (Å²) in [6, 6.07) is 1.76. The van der Waals surface area contributed by atoms with E-state index in [-0.39, 0.29) is 5.00 Å². The monoisotopic (exact) mass is 258 g/mol. The highest BCUT2D eigenvalue weighted by molar-refractivity contribution is 9.10. The lowest BCUT2D eigenvalue weighted by molar-refractivity contribution is -0.380. The lowest BCUT2D eigenvalue weighted by atomic mass is 10.3. The van der Waals surface area contributed by atoms with Gasteiger partial charge in [-0.05, 0) is 22.0 Å². The van der Waals surface area contributed by atoms with Crippen LogP contribution in [0, 0.1) is 10.1 Å². The van der Waals surface area contributed by atoms with E-state index in [2.05, 4.69) is 20.9 Å². The first-order chi connectivity index (χ1) is 6.20. The van der Waals surface area contributed by atoms with Crippen molar-refractivity contribution in [2.75, 3.05) is 0 Å². The summed E-state index contributed by atoms with van der Waals surface area (Å²) >= 11 is 4.33. The van der Waals surface area contributed by atoms with Gasteiger partial charge in [0.1, 0.15) is 4.47 Å². The Hall–Kier alpha value is -1.01. The summed E-state index contributed by atoms with van der Waals surface area (Å²) in [6.07, 6.45) is 3.23. The van der Waals surface area contributed by atoms with E-state index >= 15 is 0 Å². The Labute approximate surface area is 85.5 Å². The summed E-state index contributed by atoms with van der Waals surface area (Å²) in [6.45, 7) is 0. The third-order valence-electron chi connectivity index (χ3n) is 1.58. The highest BCUT2D eigenvalue weighted by Gasteiger charge is 2.18. The molecule has 0 spiro atoms. The number of nitro groups is 1. The standard InChI is InChI=1S/C7H3BrN2O2S/c8-6-4-3-9-2-1-5(4)13-7(6)10(11)12/h1-3H. The molecule has 2 aromatic heterocycles. The van der Waals surface area contributed by atoms with Crippen LogP contribution >= 0.6 is 27.3 Å². The number of halogens is 1. The minimum absolute atomic E-state index is 0.128. The van der Waals surface area contributed by atoms with Gasteiger partial charge in [0, 0.05) is 22.5 Å². The van der Waals surface area contributed by atoms with Gasteiger partial charge in [0.25, 0.3) is 0 Å². The third kappa shape index (κ3) is 1.31. The smallest absolute Gasteiger partial charge is 0.264 e. The molecule has 0 bridgehead atoms. The fraction of sp³-hybridized carbons (Fsp3) is 0. The summed E-state index contributed by atoms with van der Waals surface area (Å²) in [5.74, 6) is 0. The predicted octanol–water partition coefficient (Wildman–Crippen LogP) is 2.97. The molecule has 0 aliphatic heterocycles. The van der Waals surface area contributed by atoms with E-state index in [1.54, 1.807) is 18.5 Å². The largest absolute Gasteiger partial charge is 0.339 e. The van der Waals surface area contributed by atoms with E-state index in [4.69, 9.17) is 0 Å². The SMILES string of the molecule is O=[N+]([O-])c1sc2ccncc2c1Br. The Morgan fingerprint density at radius 2 is 2.38 bits per heavy atom. The highest BCUT2D eigenvalue weighted by atomic mass is 79.9. The maximum Gasteiger partial charge on any atom is 0.339 e. The molecule has 4 nitrogen and oxygen atoms in total. The van der Waals surface area contributed by atoms with Crippen molar-refractivity contribution in [3.8, 4) is 0 Å². The Bertz CT molecular complexity index is 482. The van der Waals surface area contributed by atoms with E-state index in [0.29, 0.717) is 4.47 Å². The normalized spacial score (nSPS) is 10.5. The number of pyridine rings is 1. The van der Waals surface area contributed by atoms with Crippen LogP contribution in [0.25, 0.3) is 10.1 Å². The molecule has 6 heteroatoms. The van der Waals surface area contributed by atoms with Gasteiger partial charge < -0.3 is 0 Å². The molecule has 2 aromatic rings. The van der Waals surface area contributed by atoms with Gasteiger partial charge in [0.05, 0.1) is 4.92 Å². The van der Waals surface area contributed by atoms with Crippen LogP contribution in [0.2, 0.25) is 0 Å². The van der Waals surface area contributed by atoms with Gasteiger partial charge >= 0.3 is 5.00 Å². The van der Waals surface area contributed by atoms with Crippen LogP contribution in [0.4, 0.5) is 5.00 Å². The van der Waals surface area contributed by atoms with Crippen LogP contribution in [-0.4, -0.2) is 9.91 Å². The zero-order valence-electron chi connectivity index (χ0n) is 6.23. The molecule has 0 atom stereocenters. The topological polar surface area (TPSA) is 56.0 Å². The number of aromatic nitrogens is 1. The van der Waals surface area contributed by atoms with E-state index in [1.807, 2.05) is 0 Å².